The van der Waals surface area contributed by atoms with Crippen LogP contribution in [-0.4, -0.2) is 23.7 Å². The maximum absolute atomic E-state index is 11.6. The minimum Gasteiger partial charge on any atom is -0.508 e. The second-order valence-electron chi connectivity index (χ2n) is 3.54. The zero-order valence-corrected chi connectivity index (χ0v) is 8.27. The Hall–Kier alpha value is -1.55. The zero-order chi connectivity index (χ0) is 10.7. The van der Waals surface area contributed by atoms with Gasteiger partial charge in [-0.3, -0.25) is 4.79 Å². The number of anilines is 1. The van der Waals surface area contributed by atoms with Crippen molar-refractivity contribution in [2.24, 2.45) is 0 Å². The van der Waals surface area contributed by atoms with E-state index in [0.29, 0.717) is 12.3 Å². The van der Waals surface area contributed by atoms with E-state index < -0.39 is 0 Å². The van der Waals surface area contributed by atoms with E-state index >= 15 is 0 Å². The summed E-state index contributed by atoms with van der Waals surface area (Å²) in [5.74, 6) is 0.0725. The molecule has 0 bridgehead atoms. The van der Waals surface area contributed by atoms with Gasteiger partial charge in [0.2, 0.25) is 0 Å². The third-order valence-corrected chi connectivity index (χ3v) is 2.36. The largest absolute Gasteiger partial charge is 0.508 e. The highest BCUT2D eigenvalue weighted by atomic mass is 16.5. The summed E-state index contributed by atoms with van der Waals surface area (Å²) >= 11 is 0. The molecule has 1 aromatic carbocycles. The van der Waals surface area contributed by atoms with Crippen LogP contribution in [0.5, 0.6) is 5.75 Å². The van der Waals surface area contributed by atoms with Crippen LogP contribution < -0.4 is 5.32 Å². The number of carbonyl (C=O) groups is 1. The minimum atomic E-state index is -0.321. The molecule has 2 rings (SSSR count). The Morgan fingerprint density at radius 3 is 2.73 bits per heavy atom. The second kappa shape index (κ2) is 4.31. The first-order chi connectivity index (χ1) is 7.25. The van der Waals surface area contributed by atoms with Gasteiger partial charge in [0.1, 0.15) is 11.9 Å². The van der Waals surface area contributed by atoms with E-state index in [1.807, 2.05) is 0 Å². The lowest BCUT2D eigenvalue weighted by Crippen LogP contribution is -2.26. The fourth-order valence-corrected chi connectivity index (χ4v) is 1.55. The van der Waals surface area contributed by atoms with E-state index in [4.69, 9.17) is 9.84 Å². The van der Waals surface area contributed by atoms with Crippen molar-refractivity contribution in [3.63, 3.8) is 0 Å². The molecule has 1 amide bonds. The molecule has 0 spiro atoms. The van der Waals surface area contributed by atoms with E-state index in [1.54, 1.807) is 12.1 Å². The number of ether oxygens (including phenoxy) is 1. The number of phenolic OH excluding ortho intramolecular Hbond substituents is 1. The molecule has 0 aliphatic carbocycles. The minimum absolute atomic E-state index is 0.113. The monoisotopic (exact) mass is 207 g/mol. The summed E-state index contributed by atoms with van der Waals surface area (Å²) in [6.07, 6.45) is 1.40. The molecule has 1 saturated heterocycles. The Balaban J connectivity index is 1.96. The lowest BCUT2D eigenvalue weighted by atomic mass is 10.2. The Morgan fingerprint density at radius 1 is 1.40 bits per heavy atom. The van der Waals surface area contributed by atoms with Crippen LogP contribution in [0.3, 0.4) is 0 Å². The van der Waals surface area contributed by atoms with Crippen LogP contribution in [0.2, 0.25) is 0 Å². The molecule has 2 N–H and O–H groups in total. The van der Waals surface area contributed by atoms with Crippen molar-refractivity contribution >= 4 is 11.6 Å². The number of phenols is 1. The van der Waals surface area contributed by atoms with E-state index in [9.17, 15) is 4.79 Å². The van der Waals surface area contributed by atoms with Crippen molar-refractivity contribution in [1.29, 1.82) is 0 Å². The number of amides is 1. The van der Waals surface area contributed by atoms with Crippen LogP contribution in [0.1, 0.15) is 12.8 Å². The third kappa shape index (κ3) is 2.47. The number of hydrogen-bond donors (Lipinski definition) is 2. The van der Waals surface area contributed by atoms with Crippen LogP contribution in [0, 0.1) is 0 Å². The maximum atomic E-state index is 11.6. The van der Waals surface area contributed by atoms with E-state index in [-0.39, 0.29) is 17.8 Å². The number of rotatable bonds is 2. The van der Waals surface area contributed by atoms with Gasteiger partial charge in [0.25, 0.3) is 5.91 Å². The maximum Gasteiger partial charge on any atom is 0.253 e. The lowest BCUT2D eigenvalue weighted by molar-refractivity contribution is -0.124. The number of aromatic hydroxyl groups is 1. The summed E-state index contributed by atoms with van der Waals surface area (Å²) in [6.45, 7) is 0.660. The molecule has 0 aromatic heterocycles. The average molecular weight is 207 g/mol. The van der Waals surface area contributed by atoms with Crippen molar-refractivity contribution < 1.29 is 14.6 Å². The van der Waals surface area contributed by atoms with Crippen molar-refractivity contribution in [2.75, 3.05) is 11.9 Å². The Labute approximate surface area is 87.9 Å². The first kappa shape index (κ1) is 9.98. The molecule has 1 fully saturated rings. The van der Waals surface area contributed by atoms with Crippen molar-refractivity contribution in [3.05, 3.63) is 24.3 Å². The highest BCUT2D eigenvalue weighted by Gasteiger charge is 2.23. The first-order valence-corrected chi connectivity index (χ1v) is 4.97. The Morgan fingerprint density at radius 2 is 2.13 bits per heavy atom. The molecule has 15 heavy (non-hydrogen) atoms. The molecule has 1 aliphatic heterocycles. The summed E-state index contributed by atoms with van der Waals surface area (Å²) in [7, 11) is 0. The summed E-state index contributed by atoms with van der Waals surface area (Å²) in [6, 6.07) is 6.38. The molecule has 80 valence electrons. The fraction of sp³-hybridized carbons (Fsp3) is 0.364. The highest BCUT2D eigenvalue weighted by molar-refractivity contribution is 5.94. The van der Waals surface area contributed by atoms with Gasteiger partial charge in [0.15, 0.2) is 0 Å². The standard InChI is InChI=1S/C11H13NO3/c13-9-5-3-8(4-6-9)12-11(14)10-2-1-7-15-10/h3-6,10,13H,1-2,7H2,(H,12,14)/t10-/m0/s1. The molecule has 1 atom stereocenters. The summed E-state index contributed by atoms with van der Waals surface area (Å²) in [5.41, 5.74) is 0.674. The lowest BCUT2D eigenvalue weighted by Gasteiger charge is -2.10. The zero-order valence-electron chi connectivity index (χ0n) is 8.27. The molecular formula is C11H13NO3. The van der Waals surface area contributed by atoms with Gasteiger partial charge >= 0.3 is 0 Å². The van der Waals surface area contributed by atoms with Crippen LogP contribution >= 0.6 is 0 Å². The molecule has 1 aromatic rings. The van der Waals surface area contributed by atoms with Gasteiger partial charge in [-0.15, -0.1) is 0 Å². The Kier molecular flexibility index (Phi) is 2.87. The molecule has 0 radical (unpaired) electrons. The number of carbonyl (C=O) groups excluding carboxylic acids is 1. The van der Waals surface area contributed by atoms with Crippen LogP contribution in [0.4, 0.5) is 5.69 Å². The number of nitrogens with one attached hydrogen (secondary N) is 1. The normalized spacial score (nSPS) is 20.1. The number of hydrogen-bond acceptors (Lipinski definition) is 3. The van der Waals surface area contributed by atoms with Gasteiger partial charge in [0.05, 0.1) is 0 Å². The van der Waals surface area contributed by atoms with Gasteiger partial charge in [-0.05, 0) is 37.1 Å². The third-order valence-electron chi connectivity index (χ3n) is 2.36. The summed E-state index contributed by atoms with van der Waals surface area (Å²) < 4.78 is 5.25. The van der Waals surface area contributed by atoms with Gasteiger partial charge in [-0.2, -0.15) is 0 Å². The molecule has 1 heterocycles. The summed E-state index contributed by atoms with van der Waals surface area (Å²) in [4.78, 5) is 11.6. The van der Waals surface area contributed by atoms with Gasteiger partial charge in [-0.1, -0.05) is 0 Å². The van der Waals surface area contributed by atoms with Gasteiger partial charge in [-0.25, -0.2) is 0 Å². The van der Waals surface area contributed by atoms with Crippen molar-refractivity contribution in [2.45, 2.75) is 18.9 Å². The quantitative estimate of drug-likeness (QED) is 0.723. The van der Waals surface area contributed by atoms with Crippen LogP contribution in [0.25, 0.3) is 0 Å². The highest BCUT2D eigenvalue weighted by Crippen LogP contribution is 2.17. The molecule has 0 unspecified atom stereocenters. The van der Waals surface area contributed by atoms with E-state index in [0.717, 1.165) is 12.8 Å². The fourth-order valence-electron chi connectivity index (χ4n) is 1.55. The SMILES string of the molecule is O=C(Nc1ccc(O)cc1)[C@@H]1CCCO1. The molecule has 4 nitrogen and oxygen atoms in total. The predicted octanol–water partition coefficient (Wildman–Crippen LogP) is 1.51. The van der Waals surface area contributed by atoms with Crippen LogP contribution in [0.15, 0.2) is 24.3 Å². The average Bonchev–Trinajstić information content (AvgIpc) is 2.74. The van der Waals surface area contributed by atoms with Gasteiger partial charge < -0.3 is 15.2 Å². The number of benzene rings is 1. The molecule has 4 heteroatoms. The van der Waals surface area contributed by atoms with E-state index in [1.165, 1.54) is 12.1 Å². The smallest absolute Gasteiger partial charge is 0.253 e. The topological polar surface area (TPSA) is 58.6 Å². The van der Waals surface area contributed by atoms with Crippen molar-refractivity contribution in [1.82, 2.24) is 0 Å². The van der Waals surface area contributed by atoms with Crippen LogP contribution in [-0.2, 0) is 9.53 Å². The molecule has 0 saturated carbocycles. The van der Waals surface area contributed by atoms with E-state index in [2.05, 4.69) is 5.32 Å². The van der Waals surface area contributed by atoms with Gasteiger partial charge in [0, 0.05) is 12.3 Å². The molecule has 1 aliphatic rings. The summed E-state index contributed by atoms with van der Waals surface area (Å²) in [5, 5.41) is 11.8. The molecular weight excluding hydrogens is 194 g/mol. The first-order valence-electron chi connectivity index (χ1n) is 4.97. The predicted molar refractivity (Wildman–Crippen MR) is 55.7 cm³/mol. The Bertz CT molecular complexity index is 341. The second-order valence-corrected chi connectivity index (χ2v) is 3.54. The van der Waals surface area contributed by atoms with Crippen molar-refractivity contribution in [3.8, 4) is 5.75 Å².